The van der Waals surface area contributed by atoms with Gasteiger partial charge in [0.25, 0.3) is 11.8 Å². The maximum Gasteiger partial charge on any atom is 0.255 e. The Morgan fingerprint density at radius 2 is 1.56 bits per heavy atom. The molecule has 228 valence electrons. The highest BCUT2D eigenvalue weighted by Gasteiger charge is 2.32. The van der Waals surface area contributed by atoms with Gasteiger partial charge >= 0.3 is 0 Å². The number of aryl methyl sites for hydroxylation is 1. The zero-order valence-electron chi connectivity index (χ0n) is 25.1. The highest BCUT2D eigenvalue weighted by atomic mass is 35.5. The highest BCUT2D eigenvalue weighted by Crippen LogP contribution is 2.31. The zero-order chi connectivity index (χ0) is 30.7. The molecule has 2 atom stereocenters. The largest absolute Gasteiger partial charge is 0.338 e. The number of benzene rings is 3. The molecule has 9 heteroatoms. The van der Waals surface area contributed by atoms with Crippen molar-refractivity contribution in [2.75, 3.05) is 31.5 Å². The van der Waals surface area contributed by atoms with Gasteiger partial charge in [-0.15, -0.1) is 0 Å². The standard InChI is InChI=1S/C34H40ClN3O4S/c1-23-17-24(2)22-37(21-23)34(40)29-10-9-25(3)31(19-29)36-33(39)28-11-12-30(35)32(20-28)43(41,42)38-15-13-27(14-16-38)18-26-7-5-4-6-8-26/h4-12,19-20,23-24,27H,13-18,21-22H2,1-3H3,(H,36,39). The Kier molecular flexibility index (Phi) is 9.59. The van der Waals surface area contributed by atoms with Gasteiger partial charge in [0.1, 0.15) is 4.90 Å². The second-order valence-corrected chi connectivity index (χ2v) is 14.6. The Labute approximate surface area is 260 Å². The summed E-state index contributed by atoms with van der Waals surface area (Å²) in [6, 6.07) is 19.9. The molecule has 0 aromatic heterocycles. The second kappa shape index (κ2) is 13.2. The number of hydrogen-bond donors (Lipinski definition) is 1. The number of likely N-dealkylation sites (tertiary alicyclic amines) is 1. The van der Waals surface area contributed by atoms with Gasteiger partial charge in [-0.05, 0) is 91.8 Å². The van der Waals surface area contributed by atoms with Crippen LogP contribution in [0.15, 0.2) is 71.6 Å². The third kappa shape index (κ3) is 7.31. The SMILES string of the molecule is Cc1ccc(C(=O)N2CC(C)CC(C)C2)cc1NC(=O)c1ccc(Cl)c(S(=O)(=O)N2CCC(Cc3ccccc3)CC2)c1. The number of carbonyl (C=O) groups excluding carboxylic acids is 2. The van der Waals surface area contributed by atoms with Gasteiger partial charge in [-0.1, -0.05) is 61.8 Å². The predicted octanol–water partition coefficient (Wildman–Crippen LogP) is 6.66. The van der Waals surface area contributed by atoms with E-state index >= 15 is 0 Å². The molecule has 2 unspecified atom stereocenters. The molecule has 2 heterocycles. The molecule has 2 aliphatic heterocycles. The number of rotatable bonds is 7. The molecule has 5 rings (SSSR count). The Hall–Kier alpha value is -3.20. The lowest BCUT2D eigenvalue weighted by molar-refractivity contribution is 0.0623. The number of nitrogens with zero attached hydrogens (tertiary/aromatic N) is 2. The summed E-state index contributed by atoms with van der Waals surface area (Å²) in [4.78, 5) is 28.5. The van der Waals surface area contributed by atoms with Crippen molar-refractivity contribution in [3.63, 3.8) is 0 Å². The van der Waals surface area contributed by atoms with Crippen LogP contribution in [0, 0.1) is 24.7 Å². The molecule has 3 aromatic rings. The van der Waals surface area contributed by atoms with Gasteiger partial charge in [-0.2, -0.15) is 4.31 Å². The molecule has 2 aliphatic rings. The zero-order valence-corrected chi connectivity index (χ0v) is 26.6. The van der Waals surface area contributed by atoms with Crippen LogP contribution in [-0.4, -0.2) is 55.6 Å². The van der Waals surface area contributed by atoms with Crippen LogP contribution in [0.25, 0.3) is 0 Å². The number of carbonyl (C=O) groups is 2. The maximum atomic E-state index is 13.6. The first-order valence-corrected chi connectivity index (χ1v) is 16.9. The van der Waals surface area contributed by atoms with Crippen LogP contribution in [0.4, 0.5) is 5.69 Å². The monoisotopic (exact) mass is 621 g/mol. The van der Waals surface area contributed by atoms with Crippen molar-refractivity contribution in [1.82, 2.24) is 9.21 Å². The number of amides is 2. The van der Waals surface area contributed by atoms with Gasteiger partial charge in [0.05, 0.1) is 5.02 Å². The van der Waals surface area contributed by atoms with Crippen molar-refractivity contribution in [3.8, 4) is 0 Å². The quantitative estimate of drug-likeness (QED) is 0.320. The van der Waals surface area contributed by atoms with Crippen molar-refractivity contribution in [2.45, 2.75) is 51.3 Å². The van der Waals surface area contributed by atoms with Crippen molar-refractivity contribution in [1.29, 1.82) is 0 Å². The van der Waals surface area contributed by atoms with Gasteiger partial charge in [-0.25, -0.2) is 8.42 Å². The summed E-state index contributed by atoms with van der Waals surface area (Å²) >= 11 is 6.40. The lowest BCUT2D eigenvalue weighted by atomic mass is 9.91. The molecule has 2 amide bonds. The van der Waals surface area contributed by atoms with E-state index in [4.69, 9.17) is 11.6 Å². The number of halogens is 1. The van der Waals surface area contributed by atoms with E-state index in [0.717, 1.165) is 31.2 Å². The van der Waals surface area contributed by atoms with E-state index < -0.39 is 15.9 Å². The fraction of sp³-hybridized carbons (Fsp3) is 0.412. The molecule has 0 aliphatic carbocycles. The molecule has 0 saturated carbocycles. The highest BCUT2D eigenvalue weighted by molar-refractivity contribution is 7.89. The molecule has 0 bridgehead atoms. The fourth-order valence-corrected chi connectivity index (χ4v) is 8.35. The third-order valence-electron chi connectivity index (χ3n) is 8.64. The second-order valence-electron chi connectivity index (χ2n) is 12.3. The lowest BCUT2D eigenvalue weighted by Crippen LogP contribution is -2.42. The Balaban J connectivity index is 1.28. The summed E-state index contributed by atoms with van der Waals surface area (Å²) < 4.78 is 28.8. The topological polar surface area (TPSA) is 86.8 Å². The van der Waals surface area contributed by atoms with E-state index in [0.29, 0.717) is 55.2 Å². The first-order valence-electron chi connectivity index (χ1n) is 15.1. The minimum atomic E-state index is -3.89. The molecule has 7 nitrogen and oxygen atoms in total. The average Bonchev–Trinajstić information content (AvgIpc) is 2.98. The van der Waals surface area contributed by atoms with Gasteiger partial charge in [0.2, 0.25) is 10.0 Å². The van der Waals surface area contributed by atoms with E-state index in [9.17, 15) is 18.0 Å². The summed E-state index contributed by atoms with van der Waals surface area (Å²) in [5.41, 5.74) is 3.25. The lowest BCUT2D eigenvalue weighted by Gasteiger charge is -2.35. The predicted molar refractivity (Wildman–Crippen MR) is 171 cm³/mol. The first-order chi connectivity index (χ1) is 20.5. The molecular weight excluding hydrogens is 582 g/mol. The summed E-state index contributed by atoms with van der Waals surface area (Å²) in [6.45, 7) is 8.41. The minimum Gasteiger partial charge on any atom is -0.338 e. The molecule has 2 fully saturated rings. The van der Waals surface area contributed by atoms with Gasteiger partial charge < -0.3 is 10.2 Å². The summed E-state index contributed by atoms with van der Waals surface area (Å²) in [5, 5.41) is 2.97. The summed E-state index contributed by atoms with van der Waals surface area (Å²) in [5.74, 6) is 0.764. The van der Waals surface area contributed by atoms with E-state index in [1.54, 1.807) is 12.1 Å². The average molecular weight is 622 g/mol. The summed E-state index contributed by atoms with van der Waals surface area (Å²) in [7, 11) is -3.89. The number of anilines is 1. The van der Waals surface area contributed by atoms with Crippen LogP contribution in [0.5, 0.6) is 0 Å². The molecule has 43 heavy (non-hydrogen) atoms. The first kappa shape index (κ1) is 31.2. The molecule has 3 aromatic carbocycles. The van der Waals surface area contributed by atoms with Crippen molar-refractivity contribution in [3.05, 3.63) is 94.0 Å². The smallest absolute Gasteiger partial charge is 0.255 e. The van der Waals surface area contributed by atoms with Crippen LogP contribution in [0.3, 0.4) is 0 Å². The van der Waals surface area contributed by atoms with E-state index in [-0.39, 0.29) is 21.4 Å². The third-order valence-corrected chi connectivity index (χ3v) is 11.0. The van der Waals surface area contributed by atoms with Crippen LogP contribution in [0.2, 0.25) is 5.02 Å². The van der Waals surface area contributed by atoms with E-state index in [1.165, 1.54) is 28.1 Å². The Bertz CT molecular complexity index is 1580. The fourth-order valence-electron chi connectivity index (χ4n) is 6.38. The van der Waals surface area contributed by atoms with Crippen LogP contribution < -0.4 is 5.32 Å². The number of nitrogens with one attached hydrogen (secondary N) is 1. The van der Waals surface area contributed by atoms with Crippen molar-refractivity contribution < 1.29 is 18.0 Å². The molecular formula is C34H40ClN3O4S. The normalized spacial score (nSPS) is 20.1. The Morgan fingerprint density at radius 1 is 0.907 bits per heavy atom. The van der Waals surface area contributed by atoms with Crippen LogP contribution in [0.1, 0.15) is 65.0 Å². The maximum absolute atomic E-state index is 13.6. The van der Waals surface area contributed by atoms with E-state index in [1.807, 2.05) is 36.1 Å². The number of piperidine rings is 2. The minimum absolute atomic E-state index is 0.0543. The van der Waals surface area contributed by atoms with Gasteiger partial charge in [-0.3, -0.25) is 9.59 Å². The van der Waals surface area contributed by atoms with Crippen LogP contribution in [-0.2, 0) is 16.4 Å². The molecule has 2 saturated heterocycles. The van der Waals surface area contributed by atoms with Gasteiger partial charge in [0, 0.05) is 43.0 Å². The summed E-state index contributed by atoms with van der Waals surface area (Å²) in [6.07, 6.45) is 3.54. The molecule has 1 N–H and O–H groups in total. The van der Waals surface area contributed by atoms with E-state index in [2.05, 4.69) is 31.3 Å². The van der Waals surface area contributed by atoms with Crippen molar-refractivity contribution >= 4 is 39.1 Å². The van der Waals surface area contributed by atoms with Crippen LogP contribution >= 0.6 is 11.6 Å². The Morgan fingerprint density at radius 3 is 2.23 bits per heavy atom. The molecule has 0 radical (unpaired) electrons. The van der Waals surface area contributed by atoms with Crippen molar-refractivity contribution in [2.24, 2.45) is 17.8 Å². The van der Waals surface area contributed by atoms with Gasteiger partial charge in [0.15, 0.2) is 0 Å². The number of sulfonamides is 1. The number of hydrogen-bond acceptors (Lipinski definition) is 4. The molecule has 0 spiro atoms.